The molecule has 0 aliphatic heterocycles. The molecule has 33 heavy (non-hydrogen) atoms. The van der Waals surface area contributed by atoms with Crippen LogP contribution >= 0.6 is 0 Å². The fourth-order valence-electron chi connectivity index (χ4n) is 4.51. The van der Waals surface area contributed by atoms with E-state index in [0.717, 1.165) is 13.2 Å². The quantitative estimate of drug-likeness (QED) is 0.0948. The van der Waals surface area contributed by atoms with Gasteiger partial charge in [0.2, 0.25) is 0 Å². The molecular formula is C28H62O3Sn2. The van der Waals surface area contributed by atoms with Gasteiger partial charge in [-0.1, -0.05) is 0 Å². The van der Waals surface area contributed by atoms with Gasteiger partial charge in [0.1, 0.15) is 0 Å². The van der Waals surface area contributed by atoms with Crippen molar-refractivity contribution in [3.05, 3.63) is 0 Å². The van der Waals surface area contributed by atoms with E-state index in [-0.39, 0.29) is 0 Å². The summed E-state index contributed by atoms with van der Waals surface area (Å²) in [6, 6.07) is 0. The van der Waals surface area contributed by atoms with E-state index in [4.69, 9.17) is 7.56 Å². The van der Waals surface area contributed by atoms with Gasteiger partial charge in [0.15, 0.2) is 0 Å². The van der Waals surface area contributed by atoms with Gasteiger partial charge in [0.05, 0.1) is 0 Å². The Morgan fingerprint density at radius 3 is 0.939 bits per heavy atom. The van der Waals surface area contributed by atoms with E-state index < -0.39 is 38.4 Å². The zero-order valence-electron chi connectivity index (χ0n) is 24.1. The molecule has 0 saturated heterocycles. The van der Waals surface area contributed by atoms with Crippen molar-refractivity contribution < 1.29 is 7.56 Å². The number of rotatable bonds is 24. The van der Waals surface area contributed by atoms with Crippen LogP contribution in [-0.4, -0.2) is 51.6 Å². The first-order valence-electron chi connectivity index (χ1n) is 14.9. The van der Waals surface area contributed by atoms with Crippen LogP contribution in [0.4, 0.5) is 0 Å². The van der Waals surface area contributed by atoms with Crippen LogP contribution in [0, 0.1) is 11.8 Å². The molecule has 0 amide bonds. The van der Waals surface area contributed by atoms with Crippen molar-refractivity contribution in [2.24, 2.45) is 11.8 Å². The maximum absolute atomic E-state index is 7.69. The summed E-state index contributed by atoms with van der Waals surface area (Å²) in [4.78, 5) is 0. The van der Waals surface area contributed by atoms with E-state index in [2.05, 4.69) is 55.4 Å². The Bertz CT molecular complexity index is 371. The number of hydrogen-bond donors (Lipinski definition) is 0. The Morgan fingerprint density at radius 2 is 0.727 bits per heavy atom. The van der Waals surface area contributed by atoms with Crippen LogP contribution in [0.1, 0.15) is 132 Å². The predicted octanol–water partition coefficient (Wildman–Crippen LogP) is 9.99. The summed E-state index contributed by atoms with van der Waals surface area (Å²) in [6.45, 7) is 20.4. The first-order chi connectivity index (χ1) is 15.9. The number of unbranched alkanes of at least 4 members (excludes halogenated alkanes) is 4. The SMILES string of the molecule is CCC[CH2][Sn]([CH2]CCC)([O]CC(CC)CC)[O][Sn]([CH2]CCC)([CH2]CCC)[O]CC(CC)CC. The Labute approximate surface area is 219 Å². The molecule has 3 nitrogen and oxygen atoms in total. The zero-order valence-corrected chi connectivity index (χ0v) is 29.8. The van der Waals surface area contributed by atoms with Crippen molar-refractivity contribution in [1.29, 1.82) is 0 Å². The second-order valence-corrected chi connectivity index (χ2v) is 32.6. The monoisotopic (exact) mass is 686 g/mol. The predicted molar refractivity (Wildman–Crippen MR) is 152 cm³/mol. The molecule has 0 atom stereocenters. The third kappa shape index (κ3) is 14.7. The van der Waals surface area contributed by atoms with Crippen molar-refractivity contribution in [2.45, 2.75) is 150 Å². The third-order valence-corrected chi connectivity index (χ3v) is 40.5. The molecule has 0 aliphatic carbocycles. The minimum atomic E-state index is -3.25. The van der Waals surface area contributed by atoms with Crippen molar-refractivity contribution in [3.63, 3.8) is 0 Å². The minimum absolute atomic E-state index is 0.675. The van der Waals surface area contributed by atoms with Gasteiger partial charge in [0.25, 0.3) is 0 Å². The molecule has 0 aromatic heterocycles. The average Bonchev–Trinajstić information content (AvgIpc) is 2.84. The van der Waals surface area contributed by atoms with Gasteiger partial charge >= 0.3 is 221 Å². The first kappa shape index (κ1) is 34.5. The summed E-state index contributed by atoms with van der Waals surface area (Å²) < 4.78 is 26.8. The second kappa shape index (κ2) is 21.6. The van der Waals surface area contributed by atoms with Gasteiger partial charge in [-0.25, -0.2) is 0 Å². The van der Waals surface area contributed by atoms with Crippen LogP contribution in [-0.2, 0) is 7.56 Å². The van der Waals surface area contributed by atoms with E-state index in [0.29, 0.717) is 11.8 Å². The summed E-state index contributed by atoms with van der Waals surface area (Å²) in [6.07, 6.45) is 14.9. The molecule has 0 aromatic rings. The molecule has 0 aromatic carbocycles. The van der Waals surface area contributed by atoms with E-state index in [1.54, 1.807) is 0 Å². The molecule has 0 radical (unpaired) electrons. The first-order valence-corrected chi connectivity index (χ1v) is 27.6. The summed E-state index contributed by atoms with van der Waals surface area (Å²) in [5.41, 5.74) is 0. The molecule has 0 heterocycles. The number of hydrogen-bond acceptors (Lipinski definition) is 3. The molecule has 5 heteroatoms. The summed E-state index contributed by atoms with van der Waals surface area (Å²) in [5, 5.41) is 0. The van der Waals surface area contributed by atoms with Crippen molar-refractivity contribution in [2.75, 3.05) is 13.2 Å². The van der Waals surface area contributed by atoms with Gasteiger partial charge in [-0.2, -0.15) is 0 Å². The van der Waals surface area contributed by atoms with Gasteiger partial charge in [-0.15, -0.1) is 0 Å². The Morgan fingerprint density at radius 1 is 0.455 bits per heavy atom. The normalized spacial score (nSPS) is 12.9. The molecule has 0 fully saturated rings. The average molecular weight is 684 g/mol. The van der Waals surface area contributed by atoms with Gasteiger partial charge in [0, 0.05) is 0 Å². The molecule has 0 spiro atoms. The van der Waals surface area contributed by atoms with E-state index in [9.17, 15) is 0 Å². The van der Waals surface area contributed by atoms with Crippen molar-refractivity contribution in [1.82, 2.24) is 0 Å². The van der Waals surface area contributed by atoms with Gasteiger partial charge < -0.3 is 0 Å². The van der Waals surface area contributed by atoms with Crippen LogP contribution in [0.3, 0.4) is 0 Å². The molecule has 0 aliphatic rings. The molecule has 0 saturated carbocycles. The standard InChI is InChI=1S/2C6H13O.4C4H9.O.2Sn/c2*1-3-6(4-2)5-7;4*1-3-4-2;;;/h2*6H,3-5H2,1-2H3;4*1,3-4H2,2H3;;;/q2*-1;;;;;;2*+1. The van der Waals surface area contributed by atoms with Crippen LogP contribution in [0.15, 0.2) is 0 Å². The molecule has 0 bridgehead atoms. The molecule has 0 rings (SSSR count). The van der Waals surface area contributed by atoms with Crippen molar-refractivity contribution >= 4 is 38.4 Å². The zero-order chi connectivity index (χ0) is 25.0. The Balaban J connectivity index is 6.07. The molecular weight excluding hydrogens is 622 g/mol. The van der Waals surface area contributed by atoms with Crippen LogP contribution < -0.4 is 0 Å². The molecule has 0 unspecified atom stereocenters. The van der Waals surface area contributed by atoms with Gasteiger partial charge in [-0.3, -0.25) is 0 Å². The van der Waals surface area contributed by atoms with Crippen LogP contribution in [0.5, 0.6) is 0 Å². The van der Waals surface area contributed by atoms with E-state index in [1.807, 2.05) is 0 Å². The third-order valence-electron chi connectivity index (χ3n) is 7.49. The van der Waals surface area contributed by atoms with Gasteiger partial charge in [-0.05, 0) is 0 Å². The second-order valence-electron chi connectivity index (χ2n) is 10.3. The van der Waals surface area contributed by atoms with E-state index in [1.165, 1.54) is 94.8 Å². The van der Waals surface area contributed by atoms with Crippen molar-refractivity contribution in [3.8, 4) is 0 Å². The fraction of sp³-hybridized carbons (Fsp3) is 1.00. The molecule has 200 valence electrons. The van der Waals surface area contributed by atoms with Crippen LogP contribution in [0.25, 0.3) is 0 Å². The Kier molecular flexibility index (Phi) is 22.5. The summed E-state index contributed by atoms with van der Waals surface area (Å²) in [7, 11) is 0. The van der Waals surface area contributed by atoms with E-state index >= 15 is 0 Å². The fourth-order valence-corrected chi connectivity index (χ4v) is 47.3. The molecule has 0 N–H and O–H groups in total. The Hall–Kier alpha value is 1.48. The maximum atomic E-state index is 7.69. The van der Waals surface area contributed by atoms with Crippen LogP contribution in [0.2, 0.25) is 17.7 Å². The topological polar surface area (TPSA) is 27.7 Å². The summed E-state index contributed by atoms with van der Waals surface area (Å²) in [5.74, 6) is 1.35. The summed E-state index contributed by atoms with van der Waals surface area (Å²) >= 11 is -6.49.